The third-order valence-electron chi connectivity index (χ3n) is 6.09. The van der Waals surface area contributed by atoms with E-state index in [0.717, 1.165) is 56.3 Å². The highest BCUT2D eigenvalue weighted by Crippen LogP contribution is 2.20. The molecule has 10 nitrogen and oxygen atoms in total. The molecule has 2 aromatic heterocycles. The lowest BCUT2D eigenvalue weighted by Crippen LogP contribution is -2.47. The minimum absolute atomic E-state index is 0.0388. The Morgan fingerprint density at radius 1 is 1.12 bits per heavy atom. The molecule has 1 aromatic carbocycles. The van der Waals surface area contributed by atoms with Gasteiger partial charge in [-0.1, -0.05) is 12.1 Å². The Hall–Kier alpha value is -3.53. The second-order valence-corrected chi connectivity index (χ2v) is 8.18. The number of nitrogens with one attached hydrogen (secondary N) is 1. The Bertz CT molecular complexity index is 987. The molecule has 1 fully saturated rings. The number of urea groups is 1. The van der Waals surface area contributed by atoms with E-state index in [2.05, 4.69) is 35.2 Å². The molecular weight excluding hydrogens is 418 g/mol. The number of anilines is 1. The number of carbonyl (C=O) groups excluding carboxylic acids is 1. The number of nitrogens with zero attached hydrogens (tertiary/aromatic N) is 8. The maximum atomic E-state index is 12.6. The highest BCUT2D eigenvalue weighted by molar-refractivity contribution is 5.74. The second kappa shape index (κ2) is 10.9. The van der Waals surface area contributed by atoms with Gasteiger partial charge in [-0.15, -0.1) is 0 Å². The monoisotopic (exact) mass is 449 g/mol. The van der Waals surface area contributed by atoms with Crippen molar-refractivity contribution in [1.29, 1.82) is 0 Å². The molecule has 1 atom stereocenters. The standard InChI is InChI=1S/C23H31N9O/c1-19(20-5-7-21(8-6-20)32-18-24-17-28-32)29(2)23(33)27-11-4-12-30-13-15-31(16-14-30)22-25-9-3-10-26-22/h3,5-10,17-19H,4,11-16H2,1-2H3,(H,27,33). The Kier molecular flexibility index (Phi) is 7.46. The number of aromatic nitrogens is 5. The van der Waals surface area contributed by atoms with Crippen molar-refractivity contribution >= 4 is 12.0 Å². The number of carbonyl (C=O) groups is 1. The van der Waals surface area contributed by atoms with Gasteiger partial charge in [0, 0.05) is 52.2 Å². The van der Waals surface area contributed by atoms with Gasteiger partial charge in [0.2, 0.25) is 5.95 Å². The summed E-state index contributed by atoms with van der Waals surface area (Å²) in [5, 5.41) is 7.19. The van der Waals surface area contributed by atoms with Crippen molar-refractivity contribution in [3.8, 4) is 5.69 Å². The number of piperazine rings is 1. The van der Waals surface area contributed by atoms with Gasteiger partial charge in [-0.3, -0.25) is 4.90 Å². The van der Waals surface area contributed by atoms with Crippen molar-refractivity contribution in [3.63, 3.8) is 0 Å². The first-order chi connectivity index (χ1) is 16.1. The van der Waals surface area contributed by atoms with E-state index in [9.17, 15) is 4.79 Å². The Morgan fingerprint density at radius 3 is 2.52 bits per heavy atom. The summed E-state index contributed by atoms with van der Waals surface area (Å²) in [6.07, 6.45) is 7.65. The first-order valence-electron chi connectivity index (χ1n) is 11.3. The van der Waals surface area contributed by atoms with Crippen molar-refractivity contribution in [2.75, 3.05) is 51.2 Å². The van der Waals surface area contributed by atoms with E-state index in [-0.39, 0.29) is 12.1 Å². The molecule has 2 amide bonds. The van der Waals surface area contributed by atoms with Crippen molar-refractivity contribution < 1.29 is 4.79 Å². The summed E-state index contributed by atoms with van der Waals surface area (Å²) in [5.41, 5.74) is 2.00. The molecule has 1 N–H and O–H groups in total. The molecule has 1 aliphatic heterocycles. The fourth-order valence-electron chi connectivity index (χ4n) is 3.90. The fourth-order valence-corrected chi connectivity index (χ4v) is 3.90. The molecule has 1 saturated heterocycles. The van der Waals surface area contributed by atoms with E-state index in [4.69, 9.17) is 0 Å². The van der Waals surface area contributed by atoms with Crippen LogP contribution in [0, 0.1) is 0 Å². The van der Waals surface area contributed by atoms with Crippen molar-refractivity contribution in [2.24, 2.45) is 0 Å². The van der Waals surface area contributed by atoms with E-state index in [1.807, 2.05) is 44.3 Å². The van der Waals surface area contributed by atoms with Gasteiger partial charge in [0.1, 0.15) is 12.7 Å². The largest absolute Gasteiger partial charge is 0.338 e. The Balaban J connectivity index is 1.16. The quantitative estimate of drug-likeness (QED) is 0.525. The van der Waals surface area contributed by atoms with Crippen LogP contribution >= 0.6 is 0 Å². The first-order valence-corrected chi connectivity index (χ1v) is 11.3. The molecule has 3 heterocycles. The van der Waals surface area contributed by atoms with Crippen LogP contribution in [0.1, 0.15) is 24.9 Å². The van der Waals surface area contributed by atoms with Gasteiger partial charge in [0.15, 0.2) is 0 Å². The van der Waals surface area contributed by atoms with E-state index in [0.29, 0.717) is 6.54 Å². The van der Waals surface area contributed by atoms with Gasteiger partial charge in [-0.05, 0) is 43.7 Å². The normalized spacial score (nSPS) is 15.3. The summed E-state index contributed by atoms with van der Waals surface area (Å²) < 4.78 is 1.71. The highest BCUT2D eigenvalue weighted by Gasteiger charge is 2.19. The lowest BCUT2D eigenvalue weighted by molar-refractivity contribution is 0.193. The summed E-state index contributed by atoms with van der Waals surface area (Å²) >= 11 is 0. The average Bonchev–Trinajstić information content (AvgIpc) is 3.42. The Morgan fingerprint density at radius 2 is 1.85 bits per heavy atom. The summed E-state index contributed by atoms with van der Waals surface area (Å²) in [6, 6.07) is 9.74. The van der Waals surface area contributed by atoms with Gasteiger partial charge < -0.3 is 15.1 Å². The predicted octanol–water partition coefficient (Wildman–Crippen LogP) is 1.97. The molecule has 174 valence electrons. The molecule has 1 unspecified atom stereocenters. The van der Waals surface area contributed by atoms with Crippen LogP contribution in [-0.2, 0) is 0 Å². The first kappa shape index (κ1) is 22.7. The SMILES string of the molecule is CC(c1ccc(-n2cncn2)cc1)N(C)C(=O)NCCCN1CCN(c2ncccn2)CC1. The minimum atomic E-state index is -0.0612. The van der Waals surface area contributed by atoms with Crippen LogP contribution in [0.3, 0.4) is 0 Å². The fraction of sp³-hybridized carbons (Fsp3) is 0.435. The van der Waals surface area contributed by atoms with Crippen LogP contribution in [-0.4, -0.2) is 86.9 Å². The van der Waals surface area contributed by atoms with Gasteiger partial charge in [-0.2, -0.15) is 5.10 Å². The van der Waals surface area contributed by atoms with Crippen molar-refractivity contribution in [2.45, 2.75) is 19.4 Å². The van der Waals surface area contributed by atoms with Crippen molar-refractivity contribution in [1.82, 2.24) is 39.8 Å². The van der Waals surface area contributed by atoms with Crippen LogP contribution in [0.15, 0.2) is 55.4 Å². The number of benzene rings is 1. The highest BCUT2D eigenvalue weighted by atomic mass is 16.2. The molecule has 0 saturated carbocycles. The van der Waals surface area contributed by atoms with E-state index in [1.54, 1.807) is 28.3 Å². The lowest BCUT2D eigenvalue weighted by atomic mass is 10.1. The molecule has 0 spiro atoms. The van der Waals surface area contributed by atoms with E-state index < -0.39 is 0 Å². The predicted molar refractivity (Wildman–Crippen MR) is 126 cm³/mol. The number of hydrogen-bond acceptors (Lipinski definition) is 7. The van der Waals surface area contributed by atoms with E-state index in [1.165, 1.54) is 6.33 Å². The van der Waals surface area contributed by atoms with Gasteiger partial charge >= 0.3 is 6.03 Å². The maximum Gasteiger partial charge on any atom is 0.317 e. The van der Waals surface area contributed by atoms with Gasteiger partial charge in [0.25, 0.3) is 0 Å². The molecular formula is C23H31N9O. The maximum absolute atomic E-state index is 12.6. The molecule has 10 heteroatoms. The minimum Gasteiger partial charge on any atom is -0.338 e. The van der Waals surface area contributed by atoms with Crippen LogP contribution in [0.25, 0.3) is 5.69 Å². The van der Waals surface area contributed by atoms with Gasteiger partial charge in [0.05, 0.1) is 11.7 Å². The summed E-state index contributed by atoms with van der Waals surface area (Å²) in [4.78, 5) is 31.6. The third kappa shape index (κ3) is 5.83. The second-order valence-electron chi connectivity index (χ2n) is 8.18. The smallest absolute Gasteiger partial charge is 0.317 e. The summed E-state index contributed by atoms with van der Waals surface area (Å²) in [6.45, 7) is 7.45. The zero-order valence-corrected chi connectivity index (χ0v) is 19.2. The molecule has 3 aromatic rings. The average molecular weight is 450 g/mol. The number of hydrogen-bond donors (Lipinski definition) is 1. The van der Waals surface area contributed by atoms with Crippen LogP contribution in [0.5, 0.6) is 0 Å². The van der Waals surface area contributed by atoms with Gasteiger partial charge in [-0.25, -0.2) is 24.4 Å². The number of rotatable bonds is 8. The molecule has 0 radical (unpaired) electrons. The molecule has 4 rings (SSSR count). The molecule has 33 heavy (non-hydrogen) atoms. The third-order valence-corrected chi connectivity index (χ3v) is 6.09. The van der Waals surface area contributed by atoms with Crippen LogP contribution < -0.4 is 10.2 Å². The van der Waals surface area contributed by atoms with Crippen LogP contribution in [0.4, 0.5) is 10.7 Å². The lowest BCUT2D eigenvalue weighted by Gasteiger charge is -2.34. The van der Waals surface area contributed by atoms with Crippen LogP contribution in [0.2, 0.25) is 0 Å². The molecule has 1 aliphatic rings. The van der Waals surface area contributed by atoms with Crippen molar-refractivity contribution in [3.05, 3.63) is 60.9 Å². The summed E-state index contributed by atoms with van der Waals surface area (Å²) in [5.74, 6) is 0.801. The number of amides is 2. The molecule has 0 bridgehead atoms. The zero-order chi connectivity index (χ0) is 23.0. The molecule has 0 aliphatic carbocycles. The summed E-state index contributed by atoms with van der Waals surface area (Å²) in [7, 11) is 1.83. The zero-order valence-electron chi connectivity index (χ0n) is 19.2. The topological polar surface area (TPSA) is 95.3 Å². The Labute approximate surface area is 194 Å². The van der Waals surface area contributed by atoms with E-state index >= 15 is 0 Å².